The van der Waals surface area contributed by atoms with Crippen LogP contribution in [0.3, 0.4) is 0 Å². The zero-order valence-electron chi connectivity index (χ0n) is 9.41. The van der Waals surface area contributed by atoms with Gasteiger partial charge in [0.2, 0.25) is 0 Å². The Bertz CT molecular complexity index is 654. The molecular weight excluding hydrogens is 275 g/mol. The van der Waals surface area contributed by atoms with Crippen LogP contribution in [0.15, 0.2) is 30.5 Å². The number of carboxylic acids is 1. The van der Waals surface area contributed by atoms with Gasteiger partial charge in [-0.05, 0) is 24.3 Å². The summed E-state index contributed by atoms with van der Waals surface area (Å²) in [5, 5.41) is 11.5. The Kier molecular flexibility index (Phi) is 3.52. The van der Waals surface area contributed by atoms with Gasteiger partial charge in [0.1, 0.15) is 11.5 Å². The molecule has 0 atom stereocenters. The number of aromatic nitrogens is 1. The van der Waals surface area contributed by atoms with E-state index in [1.165, 1.54) is 18.3 Å². The van der Waals surface area contributed by atoms with Gasteiger partial charge in [-0.15, -0.1) is 0 Å². The molecule has 7 heteroatoms. The van der Waals surface area contributed by atoms with Gasteiger partial charge in [-0.2, -0.15) is 0 Å². The molecule has 0 saturated carbocycles. The molecule has 1 aromatic carbocycles. The molecule has 0 aliphatic carbocycles. The minimum atomic E-state index is -1.37. The number of rotatable bonds is 3. The smallest absolute Gasteiger partial charge is 0.338 e. The molecule has 0 radical (unpaired) electrons. The first-order chi connectivity index (χ1) is 8.97. The number of nitrogens with one attached hydrogen (secondary N) is 2. The second-order valence-electron chi connectivity index (χ2n) is 3.69. The van der Waals surface area contributed by atoms with Gasteiger partial charge in [-0.3, -0.25) is 4.79 Å². The van der Waals surface area contributed by atoms with Crippen molar-refractivity contribution in [2.24, 2.45) is 0 Å². The Morgan fingerprint density at radius 3 is 2.58 bits per heavy atom. The second-order valence-corrected chi connectivity index (χ2v) is 4.12. The number of aromatic amines is 1. The van der Waals surface area contributed by atoms with Gasteiger partial charge < -0.3 is 15.4 Å². The van der Waals surface area contributed by atoms with Crippen molar-refractivity contribution in [2.75, 3.05) is 5.32 Å². The predicted molar refractivity (Wildman–Crippen MR) is 67.1 cm³/mol. The minimum Gasteiger partial charge on any atom is -0.478 e. The van der Waals surface area contributed by atoms with E-state index in [0.717, 1.165) is 12.1 Å². The third-order valence-electron chi connectivity index (χ3n) is 2.35. The molecule has 0 spiro atoms. The lowest BCUT2D eigenvalue weighted by molar-refractivity contribution is 0.0692. The molecule has 98 valence electrons. The van der Waals surface area contributed by atoms with Gasteiger partial charge in [-0.1, -0.05) is 11.6 Å². The topological polar surface area (TPSA) is 82.2 Å². The van der Waals surface area contributed by atoms with E-state index in [1.807, 2.05) is 0 Å². The largest absolute Gasteiger partial charge is 0.478 e. The van der Waals surface area contributed by atoms with Crippen LogP contribution in [0, 0.1) is 5.82 Å². The summed E-state index contributed by atoms with van der Waals surface area (Å²) in [5.41, 5.74) is -0.0909. The summed E-state index contributed by atoms with van der Waals surface area (Å²) < 4.78 is 13.4. The lowest BCUT2D eigenvalue weighted by Gasteiger charge is -2.05. The molecule has 2 rings (SSSR count). The minimum absolute atomic E-state index is 0.151. The lowest BCUT2D eigenvalue weighted by atomic mass is 10.2. The average Bonchev–Trinajstić information content (AvgIpc) is 2.75. The monoisotopic (exact) mass is 282 g/mol. The summed E-state index contributed by atoms with van der Waals surface area (Å²) in [5.74, 6) is -2.80. The number of hydrogen-bond acceptors (Lipinski definition) is 2. The van der Waals surface area contributed by atoms with E-state index in [9.17, 15) is 14.0 Å². The Morgan fingerprint density at radius 2 is 2.05 bits per heavy atom. The molecule has 0 fully saturated rings. The lowest BCUT2D eigenvalue weighted by Crippen LogP contribution is -2.12. The molecule has 3 N–H and O–H groups in total. The van der Waals surface area contributed by atoms with Crippen LogP contribution < -0.4 is 5.32 Å². The predicted octanol–water partition coefficient (Wildman–Crippen LogP) is 2.76. The summed E-state index contributed by atoms with van der Waals surface area (Å²) in [6, 6.07) is 4.73. The number of carboxylic acid groups (broad SMARTS) is 1. The first-order valence-corrected chi connectivity index (χ1v) is 5.53. The van der Waals surface area contributed by atoms with E-state index in [1.54, 1.807) is 0 Å². The molecule has 2 aromatic rings. The first-order valence-electron chi connectivity index (χ1n) is 5.15. The van der Waals surface area contributed by atoms with E-state index in [2.05, 4.69) is 10.3 Å². The standard InChI is InChI=1S/C12H8ClFN2O3/c13-6-3-10(15-5-6)11(17)16-7-1-2-8(12(18)19)9(14)4-7/h1-5,15H,(H,16,17)(H,18,19). The van der Waals surface area contributed by atoms with Gasteiger partial charge in [-0.25, -0.2) is 9.18 Å². The van der Waals surface area contributed by atoms with Crippen LogP contribution in [0.2, 0.25) is 5.02 Å². The van der Waals surface area contributed by atoms with E-state index < -0.39 is 23.3 Å². The zero-order chi connectivity index (χ0) is 14.0. The normalized spacial score (nSPS) is 10.2. The van der Waals surface area contributed by atoms with Crippen LogP contribution in [0.1, 0.15) is 20.8 Å². The van der Waals surface area contributed by atoms with E-state index in [4.69, 9.17) is 16.7 Å². The molecule has 0 aliphatic rings. The van der Waals surface area contributed by atoms with Crippen molar-refractivity contribution in [3.63, 3.8) is 0 Å². The average molecular weight is 283 g/mol. The maximum absolute atomic E-state index is 13.4. The Balaban J connectivity index is 2.18. The van der Waals surface area contributed by atoms with Crippen molar-refractivity contribution in [3.8, 4) is 0 Å². The fourth-order valence-corrected chi connectivity index (χ4v) is 1.63. The maximum atomic E-state index is 13.4. The van der Waals surface area contributed by atoms with E-state index in [-0.39, 0.29) is 11.4 Å². The van der Waals surface area contributed by atoms with Crippen molar-refractivity contribution in [2.45, 2.75) is 0 Å². The quantitative estimate of drug-likeness (QED) is 0.809. The number of anilines is 1. The highest BCUT2D eigenvalue weighted by Crippen LogP contribution is 2.16. The van der Waals surface area contributed by atoms with Crippen molar-refractivity contribution >= 4 is 29.2 Å². The number of halogens is 2. The SMILES string of the molecule is O=C(Nc1ccc(C(=O)O)c(F)c1)c1cc(Cl)c[nH]1. The summed E-state index contributed by atoms with van der Waals surface area (Å²) in [6.45, 7) is 0. The summed E-state index contributed by atoms with van der Waals surface area (Å²) >= 11 is 5.65. The summed E-state index contributed by atoms with van der Waals surface area (Å²) in [7, 11) is 0. The maximum Gasteiger partial charge on any atom is 0.338 e. The van der Waals surface area contributed by atoms with Gasteiger partial charge in [0.15, 0.2) is 0 Å². The Labute approximate surface area is 112 Å². The van der Waals surface area contributed by atoms with E-state index >= 15 is 0 Å². The number of carbonyl (C=O) groups excluding carboxylic acids is 1. The van der Waals surface area contributed by atoms with Crippen LogP contribution in [0.4, 0.5) is 10.1 Å². The van der Waals surface area contributed by atoms with Crippen LogP contribution in [0.5, 0.6) is 0 Å². The number of carbonyl (C=O) groups is 2. The van der Waals surface area contributed by atoms with Crippen LogP contribution >= 0.6 is 11.6 Å². The van der Waals surface area contributed by atoms with Crippen LogP contribution in [-0.4, -0.2) is 22.0 Å². The van der Waals surface area contributed by atoms with Gasteiger partial charge in [0, 0.05) is 11.9 Å². The molecule has 0 saturated heterocycles. The first kappa shape index (κ1) is 13.1. The molecule has 19 heavy (non-hydrogen) atoms. The molecule has 0 aliphatic heterocycles. The molecule has 1 amide bonds. The molecule has 0 unspecified atom stereocenters. The Hall–Kier alpha value is -2.34. The van der Waals surface area contributed by atoms with Crippen molar-refractivity contribution in [3.05, 3.63) is 52.6 Å². The fraction of sp³-hybridized carbons (Fsp3) is 0. The number of benzene rings is 1. The molecule has 0 bridgehead atoms. The van der Waals surface area contributed by atoms with Crippen LogP contribution in [-0.2, 0) is 0 Å². The van der Waals surface area contributed by atoms with Gasteiger partial charge in [0.05, 0.1) is 10.6 Å². The van der Waals surface area contributed by atoms with Gasteiger partial charge >= 0.3 is 5.97 Å². The third-order valence-corrected chi connectivity index (χ3v) is 2.57. The van der Waals surface area contributed by atoms with Gasteiger partial charge in [0.25, 0.3) is 5.91 Å². The number of aromatic carboxylic acids is 1. The number of amides is 1. The highest BCUT2D eigenvalue weighted by atomic mass is 35.5. The zero-order valence-corrected chi connectivity index (χ0v) is 10.2. The molecule has 1 heterocycles. The molecular formula is C12H8ClFN2O3. The fourth-order valence-electron chi connectivity index (χ4n) is 1.46. The highest BCUT2D eigenvalue weighted by Gasteiger charge is 2.13. The van der Waals surface area contributed by atoms with Crippen LogP contribution in [0.25, 0.3) is 0 Å². The Morgan fingerprint density at radius 1 is 1.32 bits per heavy atom. The number of H-pyrrole nitrogens is 1. The van der Waals surface area contributed by atoms with Crippen molar-refractivity contribution in [1.82, 2.24) is 4.98 Å². The number of hydrogen-bond donors (Lipinski definition) is 3. The van der Waals surface area contributed by atoms with Crippen molar-refractivity contribution < 1.29 is 19.1 Å². The third kappa shape index (κ3) is 2.92. The molecule has 5 nitrogen and oxygen atoms in total. The van der Waals surface area contributed by atoms with Crippen molar-refractivity contribution in [1.29, 1.82) is 0 Å². The summed E-state index contributed by atoms with van der Waals surface area (Å²) in [4.78, 5) is 25.0. The molecule has 1 aromatic heterocycles. The van der Waals surface area contributed by atoms with E-state index in [0.29, 0.717) is 5.02 Å². The second kappa shape index (κ2) is 5.11. The summed E-state index contributed by atoms with van der Waals surface area (Å²) in [6.07, 6.45) is 1.44. The highest BCUT2D eigenvalue weighted by molar-refractivity contribution is 6.31.